The Balaban J connectivity index is 2.07. The first-order valence-electron chi connectivity index (χ1n) is 6.59. The van der Waals surface area contributed by atoms with Crippen LogP contribution in [-0.4, -0.2) is 9.97 Å². The third kappa shape index (κ3) is 3.11. The van der Waals surface area contributed by atoms with Crippen molar-refractivity contribution in [2.45, 2.75) is 6.92 Å². The average Bonchev–Trinajstić information content (AvgIpc) is 2.48. The van der Waals surface area contributed by atoms with E-state index in [0.29, 0.717) is 0 Å². The summed E-state index contributed by atoms with van der Waals surface area (Å²) in [6.45, 7) is 2.06. The Hall–Kier alpha value is -2.20. The summed E-state index contributed by atoms with van der Waals surface area (Å²) < 4.78 is 1.03. The number of anilines is 1. The highest BCUT2D eigenvalue weighted by molar-refractivity contribution is 9.10. The predicted octanol–water partition coefficient (Wildman–Crippen LogP) is 4.46. The molecule has 0 fully saturated rings. The molecule has 0 saturated heterocycles. The summed E-state index contributed by atoms with van der Waals surface area (Å²) >= 11 is 3.43. The van der Waals surface area contributed by atoms with E-state index in [0.717, 1.165) is 27.0 Å². The number of halogens is 1. The molecule has 0 bridgehead atoms. The fraction of sp³-hybridized carbons (Fsp3) is 0.0588. The van der Waals surface area contributed by atoms with Crippen molar-refractivity contribution in [1.82, 2.24) is 9.97 Å². The molecule has 0 radical (unpaired) electrons. The minimum atomic E-state index is 0.283. The summed E-state index contributed by atoms with van der Waals surface area (Å²) in [5.74, 6) is 0.283. The van der Waals surface area contributed by atoms with Crippen LogP contribution >= 0.6 is 15.9 Å². The molecule has 2 N–H and O–H groups in total. The van der Waals surface area contributed by atoms with Crippen LogP contribution in [0.4, 0.5) is 5.95 Å². The number of nitrogens with zero attached hydrogens (tertiary/aromatic N) is 2. The molecule has 0 amide bonds. The van der Waals surface area contributed by atoms with Gasteiger partial charge in [-0.25, -0.2) is 9.97 Å². The molecule has 0 aliphatic rings. The number of hydrogen-bond acceptors (Lipinski definition) is 3. The Morgan fingerprint density at radius 2 is 1.29 bits per heavy atom. The minimum absolute atomic E-state index is 0.283. The molecule has 3 nitrogen and oxygen atoms in total. The monoisotopic (exact) mass is 339 g/mol. The van der Waals surface area contributed by atoms with E-state index < -0.39 is 0 Å². The Labute approximate surface area is 132 Å². The van der Waals surface area contributed by atoms with E-state index >= 15 is 0 Å². The van der Waals surface area contributed by atoms with Crippen molar-refractivity contribution in [3.8, 4) is 22.5 Å². The van der Waals surface area contributed by atoms with E-state index in [9.17, 15) is 0 Å². The van der Waals surface area contributed by atoms with Crippen LogP contribution < -0.4 is 5.73 Å². The Morgan fingerprint density at radius 1 is 0.810 bits per heavy atom. The van der Waals surface area contributed by atoms with Crippen LogP contribution in [0.2, 0.25) is 0 Å². The summed E-state index contributed by atoms with van der Waals surface area (Å²) in [5, 5.41) is 0. The summed E-state index contributed by atoms with van der Waals surface area (Å²) in [5.41, 5.74) is 10.8. The number of aromatic nitrogens is 2. The SMILES string of the molecule is Cc1ccc(-c2cc(-c3ccc(Br)cc3)nc(N)n2)cc1. The van der Waals surface area contributed by atoms with Crippen molar-refractivity contribution in [3.63, 3.8) is 0 Å². The molecule has 3 rings (SSSR count). The van der Waals surface area contributed by atoms with Crippen LogP contribution in [0.5, 0.6) is 0 Å². The second kappa shape index (κ2) is 5.66. The van der Waals surface area contributed by atoms with Crippen LogP contribution in [0, 0.1) is 6.92 Å². The standard InChI is InChI=1S/C17H14BrN3/c1-11-2-4-12(5-3-11)15-10-16(21-17(19)20-15)13-6-8-14(18)9-7-13/h2-10H,1H3,(H2,19,20,21). The maximum Gasteiger partial charge on any atom is 0.221 e. The van der Waals surface area contributed by atoms with Gasteiger partial charge in [-0.15, -0.1) is 0 Å². The summed E-state index contributed by atoms with van der Waals surface area (Å²) in [6.07, 6.45) is 0. The molecule has 21 heavy (non-hydrogen) atoms. The average molecular weight is 340 g/mol. The van der Waals surface area contributed by atoms with Gasteiger partial charge in [-0.2, -0.15) is 0 Å². The first-order valence-corrected chi connectivity index (χ1v) is 7.39. The topological polar surface area (TPSA) is 51.8 Å². The molecule has 4 heteroatoms. The first-order chi connectivity index (χ1) is 10.1. The van der Waals surface area contributed by atoms with Crippen molar-refractivity contribution in [2.24, 2.45) is 0 Å². The van der Waals surface area contributed by atoms with Gasteiger partial charge >= 0.3 is 0 Å². The quantitative estimate of drug-likeness (QED) is 0.749. The minimum Gasteiger partial charge on any atom is -0.368 e. The lowest BCUT2D eigenvalue weighted by Crippen LogP contribution is -1.98. The van der Waals surface area contributed by atoms with Crippen molar-refractivity contribution in [2.75, 3.05) is 5.73 Å². The number of hydrogen-bond donors (Lipinski definition) is 1. The number of nitrogen functional groups attached to an aromatic ring is 1. The summed E-state index contributed by atoms with van der Waals surface area (Å²) in [4.78, 5) is 8.66. The second-order valence-electron chi connectivity index (χ2n) is 4.87. The van der Waals surface area contributed by atoms with Crippen LogP contribution in [0.15, 0.2) is 59.1 Å². The zero-order valence-electron chi connectivity index (χ0n) is 11.5. The van der Waals surface area contributed by atoms with Gasteiger partial charge in [0.25, 0.3) is 0 Å². The molecular formula is C17H14BrN3. The number of benzene rings is 2. The van der Waals surface area contributed by atoms with E-state index in [1.165, 1.54) is 5.56 Å². The zero-order valence-corrected chi connectivity index (χ0v) is 13.1. The van der Waals surface area contributed by atoms with Gasteiger partial charge in [0.1, 0.15) is 0 Å². The van der Waals surface area contributed by atoms with Gasteiger partial charge in [-0.3, -0.25) is 0 Å². The van der Waals surface area contributed by atoms with Crippen molar-refractivity contribution in [1.29, 1.82) is 0 Å². The van der Waals surface area contributed by atoms with Crippen LogP contribution in [-0.2, 0) is 0 Å². The van der Waals surface area contributed by atoms with Crippen LogP contribution in [0.1, 0.15) is 5.56 Å². The molecule has 0 aliphatic carbocycles. The molecule has 0 spiro atoms. The molecule has 3 aromatic rings. The molecule has 1 heterocycles. The van der Waals surface area contributed by atoms with Crippen molar-refractivity contribution in [3.05, 3.63) is 64.6 Å². The van der Waals surface area contributed by atoms with Crippen LogP contribution in [0.25, 0.3) is 22.5 Å². The number of rotatable bonds is 2. The molecule has 0 saturated carbocycles. The number of nitrogens with two attached hydrogens (primary N) is 1. The zero-order chi connectivity index (χ0) is 14.8. The van der Waals surface area contributed by atoms with E-state index in [1.54, 1.807) is 0 Å². The molecule has 104 valence electrons. The van der Waals surface area contributed by atoms with Gasteiger partial charge in [0.2, 0.25) is 5.95 Å². The third-order valence-corrected chi connectivity index (χ3v) is 3.76. The van der Waals surface area contributed by atoms with Gasteiger partial charge < -0.3 is 5.73 Å². The van der Waals surface area contributed by atoms with Gasteiger partial charge in [0.15, 0.2) is 0 Å². The highest BCUT2D eigenvalue weighted by atomic mass is 79.9. The first kappa shape index (κ1) is 13.8. The van der Waals surface area contributed by atoms with Gasteiger partial charge in [-0.05, 0) is 25.1 Å². The predicted molar refractivity (Wildman–Crippen MR) is 89.8 cm³/mol. The van der Waals surface area contributed by atoms with Gasteiger partial charge in [0.05, 0.1) is 11.4 Å². The van der Waals surface area contributed by atoms with E-state index in [1.807, 2.05) is 42.5 Å². The largest absolute Gasteiger partial charge is 0.368 e. The number of aryl methyl sites for hydroxylation is 1. The lowest BCUT2D eigenvalue weighted by molar-refractivity contribution is 1.19. The van der Waals surface area contributed by atoms with Gasteiger partial charge in [-0.1, -0.05) is 57.9 Å². The lowest BCUT2D eigenvalue weighted by Gasteiger charge is -2.07. The fourth-order valence-corrected chi connectivity index (χ4v) is 2.37. The van der Waals surface area contributed by atoms with E-state index in [2.05, 4.69) is 45.0 Å². The van der Waals surface area contributed by atoms with Crippen molar-refractivity contribution >= 4 is 21.9 Å². The molecular weight excluding hydrogens is 326 g/mol. The third-order valence-electron chi connectivity index (χ3n) is 3.23. The molecule has 2 aromatic carbocycles. The van der Waals surface area contributed by atoms with E-state index in [4.69, 9.17) is 5.73 Å². The van der Waals surface area contributed by atoms with Crippen LogP contribution in [0.3, 0.4) is 0 Å². The highest BCUT2D eigenvalue weighted by Gasteiger charge is 2.07. The fourth-order valence-electron chi connectivity index (χ4n) is 2.11. The smallest absolute Gasteiger partial charge is 0.221 e. The lowest BCUT2D eigenvalue weighted by atomic mass is 10.1. The Morgan fingerprint density at radius 3 is 1.81 bits per heavy atom. The molecule has 0 unspecified atom stereocenters. The molecule has 0 aliphatic heterocycles. The van der Waals surface area contributed by atoms with Crippen molar-refractivity contribution < 1.29 is 0 Å². The normalized spacial score (nSPS) is 10.6. The summed E-state index contributed by atoms with van der Waals surface area (Å²) in [6, 6.07) is 18.2. The molecule has 0 atom stereocenters. The van der Waals surface area contributed by atoms with E-state index in [-0.39, 0.29) is 5.95 Å². The molecule has 1 aromatic heterocycles. The summed E-state index contributed by atoms with van der Waals surface area (Å²) in [7, 11) is 0. The Bertz CT molecular complexity index is 701. The maximum absolute atomic E-state index is 5.86. The second-order valence-corrected chi connectivity index (χ2v) is 5.79. The maximum atomic E-state index is 5.86. The Kier molecular flexibility index (Phi) is 3.71. The highest BCUT2D eigenvalue weighted by Crippen LogP contribution is 2.25. The van der Waals surface area contributed by atoms with Gasteiger partial charge in [0, 0.05) is 15.6 Å².